The fraction of sp³-hybridized carbons (Fsp3) is 0.667. The maximum atomic E-state index is 12.0. The number of aliphatic hydroxyl groups is 1. The van der Waals surface area contributed by atoms with Crippen LogP contribution < -0.4 is 0 Å². The molecular weight excluding hydrogens is 230 g/mol. The molecule has 1 N–H and O–H groups in total. The summed E-state index contributed by atoms with van der Waals surface area (Å²) in [6, 6.07) is 0. The van der Waals surface area contributed by atoms with Crippen molar-refractivity contribution in [3.63, 3.8) is 0 Å². The number of hydrogen-bond acceptors (Lipinski definition) is 4. The smallest absolute Gasteiger partial charge is 0.262 e. The predicted molar refractivity (Wildman–Crippen MR) is 57.2 cm³/mol. The first-order chi connectivity index (χ1) is 7.57. The largest absolute Gasteiger partial charge is 0.396 e. The van der Waals surface area contributed by atoms with Crippen molar-refractivity contribution in [2.45, 2.75) is 18.5 Å². The van der Waals surface area contributed by atoms with Gasteiger partial charge in [0, 0.05) is 38.4 Å². The predicted octanol–water partition coefficient (Wildman–Crippen LogP) is -0.484. The zero-order chi connectivity index (χ0) is 11.8. The Labute approximate surface area is 94.6 Å². The fourth-order valence-corrected chi connectivity index (χ4v) is 3.14. The van der Waals surface area contributed by atoms with E-state index in [0.717, 1.165) is 0 Å². The Morgan fingerprint density at radius 1 is 1.56 bits per heavy atom. The van der Waals surface area contributed by atoms with Gasteiger partial charge in [-0.3, -0.25) is 0 Å². The molecule has 0 aromatic carbocycles. The summed E-state index contributed by atoms with van der Waals surface area (Å²) in [6.45, 7) is 3.43. The Hall–Kier alpha value is -0.920. The quantitative estimate of drug-likeness (QED) is 0.777. The molecule has 1 aromatic rings. The van der Waals surface area contributed by atoms with Gasteiger partial charge in [-0.25, -0.2) is 13.4 Å². The van der Waals surface area contributed by atoms with E-state index in [4.69, 9.17) is 5.11 Å². The van der Waals surface area contributed by atoms with Crippen LogP contribution in [0.4, 0.5) is 0 Å². The van der Waals surface area contributed by atoms with Crippen LogP contribution in [0.1, 0.15) is 6.92 Å². The molecule has 16 heavy (non-hydrogen) atoms. The Bertz CT molecular complexity index is 462. The van der Waals surface area contributed by atoms with Gasteiger partial charge in [0.15, 0.2) is 5.03 Å². The third-order valence-electron chi connectivity index (χ3n) is 2.76. The van der Waals surface area contributed by atoms with E-state index in [1.165, 1.54) is 16.8 Å². The number of hydrogen-bond donors (Lipinski definition) is 1. The second kappa shape index (κ2) is 4.15. The molecular formula is C9H15N3O3S. The third kappa shape index (κ3) is 1.85. The molecule has 1 aliphatic heterocycles. The first kappa shape index (κ1) is 11.6. The maximum Gasteiger partial charge on any atom is 0.262 e. The van der Waals surface area contributed by atoms with Gasteiger partial charge in [0.2, 0.25) is 0 Å². The normalized spacial score (nSPS) is 18.6. The van der Waals surface area contributed by atoms with E-state index in [-0.39, 0.29) is 17.6 Å². The molecule has 0 amide bonds. The molecule has 0 unspecified atom stereocenters. The number of rotatable bonds is 4. The highest BCUT2D eigenvalue weighted by atomic mass is 32.2. The monoisotopic (exact) mass is 245 g/mol. The number of imidazole rings is 1. The second-order valence-electron chi connectivity index (χ2n) is 3.91. The number of nitrogens with zero attached hydrogens (tertiary/aromatic N) is 3. The van der Waals surface area contributed by atoms with E-state index in [9.17, 15) is 8.42 Å². The van der Waals surface area contributed by atoms with Gasteiger partial charge in [-0.2, -0.15) is 4.31 Å². The zero-order valence-corrected chi connectivity index (χ0v) is 9.89. The minimum Gasteiger partial charge on any atom is -0.396 e. The SMILES string of the molecule is CCn1cnc(S(=O)(=O)N2CC(CO)C2)c1. The average Bonchev–Trinajstić information content (AvgIpc) is 2.64. The maximum absolute atomic E-state index is 12.0. The Morgan fingerprint density at radius 2 is 2.25 bits per heavy atom. The molecule has 1 saturated heterocycles. The molecule has 90 valence electrons. The summed E-state index contributed by atoms with van der Waals surface area (Å²) in [5.74, 6) is 0.0723. The van der Waals surface area contributed by atoms with Crippen LogP contribution in [0.15, 0.2) is 17.6 Å². The van der Waals surface area contributed by atoms with Crippen molar-refractivity contribution >= 4 is 10.0 Å². The van der Waals surface area contributed by atoms with Gasteiger partial charge < -0.3 is 9.67 Å². The summed E-state index contributed by atoms with van der Waals surface area (Å²) in [6.07, 6.45) is 3.04. The third-order valence-corrected chi connectivity index (χ3v) is 4.48. The van der Waals surface area contributed by atoms with Crippen LogP contribution in [-0.2, 0) is 16.6 Å². The van der Waals surface area contributed by atoms with Crippen molar-refractivity contribution < 1.29 is 13.5 Å². The van der Waals surface area contributed by atoms with Crippen LogP contribution in [0, 0.1) is 5.92 Å². The van der Waals surface area contributed by atoms with Crippen molar-refractivity contribution in [3.8, 4) is 0 Å². The molecule has 1 aromatic heterocycles. The van der Waals surface area contributed by atoms with Gasteiger partial charge in [0.1, 0.15) is 0 Å². The van der Waals surface area contributed by atoms with Crippen molar-refractivity contribution in [1.82, 2.24) is 13.9 Å². The Balaban J connectivity index is 2.14. The molecule has 0 atom stereocenters. The molecule has 1 aliphatic rings. The molecule has 0 radical (unpaired) electrons. The van der Waals surface area contributed by atoms with Crippen LogP contribution >= 0.6 is 0 Å². The highest BCUT2D eigenvalue weighted by molar-refractivity contribution is 7.89. The van der Waals surface area contributed by atoms with Crippen LogP contribution in [-0.4, -0.2) is 47.1 Å². The first-order valence-corrected chi connectivity index (χ1v) is 6.64. The molecule has 1 fully saturated rings. The summed E-state index contributed by atoms with van der Waals surface area (Å²) < 4.78 is 27.0. The summed E-state index contributed by atoms with van der Waals surface area (Å²) in [4.78, 5) is 3.88. The summed E-state index contributed by atoms with van der Waals surface area (Å²) in [7, 11) is -3.44. The van der Waals surface area contributed by atoms with E-state index in [1.54, 1.807) is 4.57 Å². The van der Waals surface area contributed by atoms with Crippen molar-refractivity contribution in [3.05, 3.63) is 12.5 Å². The number of aliphatic hydroxyl groups excluding tert-OH is 1. The lowest BCUT2D eigenvalue weighted by molar-refractivity contribution is 0.117. The number of sulfonamides is 1. The van der Waals surface area contributed by atoms with Crippen LogP contribution in [0.5, 0.6) is 0 Å². The van der Waals surface area contributed by atoms with E-state index in [2.05, 4.69) is 4.98 Å². The molecule has 7 heteroatoms. The average molecular weight is 245 g/mol. The van der Waals surface area contributed by atoms with Crippen molar-refractivity contribution in [2.24, 2.45) is 5.92 Å². The molecule has 6 nitrogen and oxygen atoms in total. The summed E-state index contributed by atoms with van der Waals surface area (Å²) in [5.41, 5.74) is 0. The molecule has 0 saturated carbocycles. The van der Waals surface area contributed by atoms with E-state index < -0.39 is 10.0 Å². The Kier molecular flexibility index (Phi) is 3.00. The Morgan fingerprint density at radius 3 is 2.75 bits per heavy atom. The minimum absolute atomic E-state index is 0.0371. The lowest BCUT2D eigenvalue weighted by atomic mass is 10.1. The van der Waals surface area contributed by atoms with Crippen molar-refractivity contribution in [2.75, 3.05) is 19.7 Å². The minimum atomic E-state index is -3.44. The highest BCUT2D eigenvalue weighted by Crippen LogP contribution is 2.23. The lowest BCUT2D eigenvalue weighted by Crippen LogP contribution is -2.51. The van der Waals surface area contributed by atoms with Gasteiger partial charge >= 0.3 is 0 Å². The lowest BCUT2D eigenvalue weighted by Gasteiger charge is -2.36. The molecule has 0 aliphatic carbocycles. The first-order valence-electron chi connectivity index (χ1n) is 5.20. The summed E-state index contributed by atoms with van der Waals surface area (Å²) in [5, 5.41) is 8.93. The second-order valence-corrected chi connectivity index (χ2v) is 5.80. The fourth-order valence-electron chi connectivity index (χ4n) is 1.61. The summed E-state index contributed by atoms with van der Waals surface area (Å²) >= 11 is 0. The molecule has 2 rings (SSSR count). The van der Waals surface area contributed by atoms with Crippen LogP contribution in [0.2, 0.25) is 0 Å². The standard InChI is InChI=1S/C9H15N3O3S/c1-2-11-5-9(10-7-11)16(14,15)12-3-8(4-12)6-13/h5,7-8,13H,2-4,6H2,1H3. The zero-order valence-electron chi connectivity index (χ0n) is 9.07. The number of aromatic nitrogens is 2. The van der Waals surface area contributed by atoms with Gasteiger partial charge in [-0.1, -0.05) is 0 Å². The highest BCUT2D eigenvalue weighted by Gasteiger charge is 2.37. The van der Waals surface area contributed by atoms with E-state index >= 15 is 0 Å². The molecule has 0 bridgehead atoms. The van der Waals surface area contributed by atoms with Crippen molar-refractivity contribution in [1.29, 1.82) is 0 Å². The van der Waals surface area contributed by atoms with E-state index in [1.807, 2.05) is 6.92 Å². The van der Waals surface area contributed by atoms with Gasteiger partial charge in [-0.05, 0) is 6.92 Å². The van der Waals surface area contributed by atoms with Crippen LogP contribution in [0.3, 0.4) is 0 Å². The molecule has 0 spiro atoms. The van der Waals surface area contributed by atoms with Gasteiger partial charge in [-0.15, -0.1) is 0 Å². The molecule has 2 heterocycles. The topological polar surface area (TPSA) is 75.4 Å². The van der Waals surface area contributed by atoms with Crippen LogP contribution in [0.25, 0.3) is 0 Å². The van der Waals surface area contributed by atoms with Gasteiger partial charge in [0.25, 0.3) is 10.0 Å². The van der Waals surface area contributed by atoms with Gasteiger partial charge in [0.05, 0.1) is 6.33 Å². The van der Waals surface area contributed by atoms with E-state index in [0.29, 0.717) is 19.6 Å². The number of aryl methyl sites for hydroxylation is 1.